The average Bonchev–Trinajstić information content (AvgIpc) is 2.71. The van der Waals surface area contributed by atoms with E-state index in [-0.39, 0.29) is 35.8 Å². The van der Waals surface area contributed by atoms with Crippen LogP contribution in [-0.4, -0.2) is 37.5 Å². The standard InChI is InChI=1S/C10H12ClNO4/c1-12(6-5-9(13)15-2)10(14)7-3-4-8(11)16-7/h3-4H,5-6H2,1-2H3. The molecule has 1 heterocycles. The molecule has 5 nitrogen and oxygen atoms in total. The molecule has 0 aliphatic carbocycles. The Bertz CT molecular complexity index is 388. The number of rotatable bonds is 4. The summed E-state index contributed by atoms with van der Waals surface area (Å²) >= 11 is 5.55. The number of halogens is 1. The van der Waals surface area contributed by atoms with Crippen molar-refractivity contribution in [2.24, 2.45) is 0 Å². The highest BCUT2D eigenvalue weighted by Gasteiger charge is 2.16. The fraction of sp³-hybridized carbons (Fsp3) is 0.400. The highest BCUT2D eigenvalue weighted by Crippen LogP contribution is 2.14. The van der Waals surface area contributed by atoms with Crippen LogP contribution in [0.25, 0.3) is 0 Å². The van der Waals surface area contributed by atoms with E-state index >= 15 is 0 Å². The summed E-state index contributed by atoms with van der Waals surface area (Å²) in [5, 5.41) is 0.157. The third kappa shape index (κ3) is 3.27. The van der Waals surface area contributed by atoms with Gasteiger partial charge in [0.05, 0.1) is 13.5 Å². The van der Waals surface area contributed by atoms with Gasteiger partial charge in [-0.1, -0.05) is 0 Å². The Hall–Kier alpha value is -1.49. The summed E-state index contributed by atoms with van der Waals surface area (Å²) in [5.74, 6) is -0.537. The fourth-order valence-corrected chi connectivity index (χ4v) is 1.23. The molecule has 0 unspecified atom stereocenters. The van der Waals surface area contributed by atoms with Gasteiger partial charge >= 0.3 is 5.97 Å². The molecule has 1 amide bonds. The largest absolute Gasteiger partial charge is 0.469 e. The second-order valence-electron chi connectivity index (χ2n) is 3.16. The van der Waals surface area contributed by atoms with E-state index in [1.165, 1.54) is 24.1 Å². The Morgan fingerprint density at radius 1 is 1.50 bits per heavy atom. The topological polar surface area (TPSA) is 59.8 Å². The van der Waals surface area contributed by atoms with Gasteiger partial charge in [0.2, 0.25) is 0 Å². The molecule has 0 N–H and O–H groups in total. The minimum Gasteiger partial charge on any atom is -0.469 e. The molecule has 1 rings (SSSR count). The Balaban J connectivity index is 2.51. The van der Waals surface area contributed by atoms with Gasteiger partial charge < -0.3 is 14.1 Å². The van der Waals surface area contributed by atoms with Crippen LogP contribution in [0.3, 0.4) is 0 Å². The molecule has 1 aromatic heterocycles. The predicted molar refractivity (Wildman–Crippen MR) is 57.3 cm³/mol. The zero-order valence-corrected chi connectivity index (χ0v) is 9.78. The van der Waals surface area contributed by atoms with Crippen LogP contribution in [0.5, 0.6) is 0 Å². The molecule has 0 aliphatic heterocycles. The maximum atomic E-state index is 11.7. The van der Waals surface area contributed by atoms with Crippen LogP contribution in [0.4, 0.5) is 0 Å². The first-order valence-electron chi connectivity index (χ1n) is 4.62. The lowest BCUT2D eigenvalue weighted by atomic mass is 10.3. The van der Waals surface area contributed by atoms with E-state index in [0.29, 0.717) is 0 Å². The molecular weight excluding hydrogens is 234 g/mol. The highest BCUT2D eigenvalue weighted by atomic mass is 35.5. The Morgan fingerprint density at radius 3 is 2.69 bits per heavy atom. The maximum Gasteiger partial charge on any atom is 0.307 e. The summed E-state index contributed by atoms with van der Waals surface area (Å²) in [4.78, 5) is 23.9. The predicted octanol–water partition coefficient (Wildman–Crippen LogP) is 1.57. The molecule has 0 bridgehead atoms. The van der Waals surface area contributed by atoms with Crippen molar-refractivity contribution in [1.82, 2.24) is 4.90 Å². The molecule has 88 valence electrons. The van der Waals surface area contributed by atoms with E-state index in [2.05, 4.69) is 4.74 Å². The van der Waals surface area contributed by atoms with Gasteiger partial charge in [-0.15, -0.1) is 0 Å². The zero-order valence-electron chi connectivity index (χ0n) is 9.03. The van der Waals surface area contributed by atoms with Crippen molar-refractivity contribution >= 4 is 23.5 Å². The number of amides is 1. The molecule has 0 saturated heterocycles. The minimum atomic E-state index is -0.364. The van der Waals surface area contributed by atoms with Crippen molar-refractivity contribution in [3.8, 4) is 0 Å². The third-order valence-electron chi connectivity index (χ3n) is 2.01. The number of furan rings is 1. The van der Waals surface area contributed by atoms with E-state index in [9.17, 15) is 9.59 Å². The molecule has 0 aliphatic rings. The molecule has 0 spiro atoms. The van der Waals surface area contributed by atoms with Crippen LogP contribution in [-0.2, 0) is 9.53 Å². The number of ether oxygens (including phenoxy) is 1. The number of carbonyl (C=O) groups is 2. The van der Waals surface area contributed by atoms with Gasteiger partial charge in [0, 0.05) is 13.6 Å². The van der Waals surface area contributed by atoms with Crippen LogP contribution >= 0.6 is 11.6 Å². The van der Waals surface area contributed by atoms with Crippen molar-refractivity contribution in [2.75, 3.05) is 20.7 Å². The van der Waals surface area contributed by atoms with E-state index in [0.717, 1.165) is 0 Å². The summed E-state index contributed by atoms with van der Waals surface area (Å²) in [5.41, 5.74) is 0. The van der Waals surface area contributed by atoms with Gasteiger partial charge in [-0.25, -0.2) is 0 Å². The van der Waals surface area contributed by atoms with Crippen LogP contribution < -0.4 is 0 Å². The zero-order chi connectivity index (χ0) is 12.1. The summed E-state index contributed by atoms with van der Waals surface area (Å²) < 4.78 is 9.43. The monoisotopic (exact) mass is 245 g/mol. The molecule has 0 atom stereocenters. The van der Waals surface area contributed by atoms with Crippen LogP contribution in [0, 0.1) is 0 Å². The van der Waals surface area contributed by atoms with Crippen molar-refractivity contribution in [2.45, 2.75) is 6.42 Å². The van der Waals surface area contributed by atoms with Gasteiger partial charge in [0.25, 0.3) is 5.91 Å². The second-order valence-corrected chi connectivity index (χ2v) is 3.53. The Labute approximate surface area is 97.9 Å². The first kappa shape index (κ1) is 12.6. The Kier molecular flexibility index (Phi) is 4.37. The average molecular weight is 246 g/mol. The number of nitrogens with zero attached hydrogens (tertiary/aromatic N) is 1. The van der Waals surface area contributed by atoms with Crippen LogP contribution in [0.15, 0.2) is 16.5 Å². The molecule has 0 aromatic carbocycles. The van der Waals surface area contributed by atoms with Crippen molar-refractivity contribution in [3.05, 3.63) is 23.1 Å². The summed E-state index contributed by atoms with van der Waals surface area (Å²) in [6, 6.07) is 2.97. The summed E-state index contributed by atoms with van der Waals surface area (Å²) in [6.45, 7) is 0.268. The van der Waals surface area contributed by atoms with E-state index < -0.39 is 0 Å². The molecule has 1 aromatic rings. The lowest BCUT2D eigenvalue weighted by Crippen LogP contribution is -2.28. The first-order chi connectivity index (χ1) is 7.54. The lowest BCUT2D eigenvalue weighted by molar-refractivity contribution is -0.140. The molecule has 16 heavy (non-hydrogen) atoms. The summed E-state index contributed by atoms with van der Waals surface area (Å²) in [7, 11) is 2.87. The van der Waals surface area contributed by atoms with Gasteiger partial charge in [-0.3, -0.25) is 9.59 Å². The van der Waals surface area contributed by atoms with Gasteiger partial charge in [-0.05, 0) is 23.7 Å². The fourth-order valence-electron chi connectivity index (χ4n) is 1.08. The van der Waals surface area contributed by atoms with E-state index in [4.69, 9.17) is 16.0 Å². The quantitative estimate of drug-likeness (QED) is 0.756. The van der Waals surface area contributed by atoms with E-state index in [1.807, 2.05) is 0 Å². The second kappa shape index (κ2) is 5.55. The van der Waals surface area contributed by atoms with Gasteiger partial charge in [-0.2, -0.15) is 0 Å². The lowest BCUT2D eigenvalue weighted by Gasteiger charge is -2.14. The third-order valence-corrected chi connectivity index (χ3v) is 2.21. The van der Waals surface area contributed by atoms with Crippen molar-refractivity contribution in [1.29, 1.82) is 0 Å². The molecule has 0 fully saturated rings. The number of hydrogen-bond donors (Lipinski definition) is 0. The van der Waals surface area contributed by atoms with Crippen LogP contribution in [0.2, 0.25) is 5.22 Å². The SMILES string of the molecule is COC(=O)CCN(C)C(=O)c1ccc(Cl)o1. The molecular formula is C10H12ClNO4. The van der Waals surface area contributed by atoms with Crippen molar-refractivity contribution in [3.63, 3.8) is 0 Å². The maximum absolute atomic E-state index is 11.7. The van der Waals surface area contributed by atoms with Gasteiger partial charge in [0.1, 0.15) is 0 Å². The number of hydrogen-bond acceptors (Lipinski definition) is 4. The minimum absolute atomic E-state index is 0.146. The normalized spacial score (nSPS) is 9.94. The molecule has 6 heteroatoms. The smallest absolute Gasteiger partial charge is 0.307 e. The molecule has 0 radical (unpaired) electrons. The van der Waals surface area contributed by atoms with Gasteiger partial charge in [0.15, 0.2) is 11.0 Å². The number of methoxy groups -OCH3 is 1. The Morgan fingerprint density at radius 2 is 2.19 bits per heavy atom. The number of esters is 1. The summed E-state index contributed by atoms with van der Waals surface area (Å²) in [6.07, 6.45) is 0.146. The van der Waals surface area contributed by atoms with Crippen LogP contribution in [0.1, 0.15) is 17.0 Å². The molecule has 0 saturated carbocycles. The number of carbonyl (C=O) groups excluding carboxylic acids is 2. The highest BCUT2D eigenvalue weighted by molar-refractivity contribution is 6.29. The first-order valence-corrected chi connectivity index (χ1v) is 5.00. The van der Waals surface area contributed by atoms with Crippen molar-refractivity contribution < 1.29 is 18.7 Å². The van der Waals surface area contributed by atoms with E-state index in [1.54, 1.807) is 7.05 Å².